The zero-order valence-electron chi connectivity index (χ0n) is 15.4. The highest BCUT2D eigenvalue weighted by atomic mass is 19.2. The van der Waals surface area contributed by atoms with Crippen LogP contribution < -0.4 is 0 Å². The molecular formula is C20F12N2. The number of nitrogens with zero attached hydrogens (tertiary/aromatic N) is 2. The minimum atomic E-state index is -2.85. The normalized spacial score (nSPS) is 10.9. The van der Waals surface area contributed by atoms with Crippen LogP contribution in [0.3, 0.4) is 0 Å². The largest absolute Gasteiger partial charge is 0.203 e. The Morgan fingerprint density at radius 1 is 0.294 bits per heavy atom. The second-order valence-corrected chi connectivity index (χ2v) is 6.24. The summed E-state index contributed by atoms with van der Waals surface area (Å²) in [5.41, 5.74) is -12.5. The highest BCUT2D eigenvalue weighted by Gasteiger charge is 2.38. The maximum atomic E-state index is 14.9. The molecule has 0 aliphatic carbocycles. The van der Waals surface area contributed by atoms with Gasteiger partial charge in [0.2, 0.25) is 11.6 Å². The third kappa shape index (κ3) is 3.14. The Labute approximate surface area is 179 Å². The summed E-state index contributed by atoms with van der Waals surface area (Å²) in [5.74, 6) is -33.2. The van der Waals surface area contributed by atoms with Gasteiger partial charge in [0, 0.05) is 11.1 Å². The van der Waals surface area contributed by atoms with E-state index >= 15 is 0 Å². The van der Waals surface area contributed by atoms with Gasteiger partial charge in [0.1, 0.15) is 17.7 Å². The average molecular weight is 496 g/mol. The zero-order valence-corrected chi connectivity index (χ0v) is 15.4. The summed E-state index contributed by atoms with van der Waals surface area (Å²) in [7, 11) is 0. The molecule has 3 rings (SSSR count). The monoisotopic (exact) mass is 496 g/mol. The lowest BCUT2D eigenvalue weighted by atomic mass is 9.86. The van der Waals surface area contributed by atoms with Crippen LogP contribution in [-0.2, 0) is 0 Å². The van der Waals surface area contributed by atoms with Gasteiger partial charge in [-0.3, -0.25) is 0 Å². The first-order valence-electron chi connectivity index (χ1n) is 8.22. The smallest absolute Gasteiger partial charge is 0.200 e. The van der Waals surface area contributed by atoms with Crippen LogP contribution >= 0.6 is 0 Å². The molecule has 0 bridgehead atoms. The van der Waals surface area contributed by atoms with Crippen molar-refractivity contribution in [2.45, 2.75) is 0 Å². The molecule has 0 amide bonds. The Kier molecular flexibility index (Phi) is 5.96. The van der Waals surface area contributed by atoms with Crippen LogP contribution in [0.4, 0.5) is 52.7 Å². The third-order valence-electron chi connectivity index (χ3n) is 4.52. The SMILES string of the molecule is N#Cc1c(F)c(F)c(-c2c(F)c(F)c(F)c(F)c2F)c(-c2c(F)c(F)c(F)c(F)c2F)c1C#N. The summed E-state index contributed by atoms with van der Waals surface area (Å²) in [6, 6.07) is 1.72. The molecule has 0 saturated carbocycles. The van der Waals surface area contributed by atoms with Gasteiger partial charge in [-0.25, -0.2) is 52.7 Å². The Hall–Kier alpha value is -4.20. The zero-order chi connectivity index (χ0) is 25.8. The first-order chi connectivity index (χ1) is 15.8. The molecule has 2 nitrogen and oxygen atoms in total. The molecule has 0 heterocycles. The van der Waals surface area contributed by atoms with Crippen LogP contribution in [0, 0.1) is 92.5 Å². The number of rotatable bonds is 2. The molecule has 0 unspecified atom stereocenters. The predicted molar refractivity (Wildman–Crippen MR) is 86.2 cm³/mol. The van der Waals surface area contributed by atoms with Gasteiger partial charge in [-0.2, -0.15) is 10.5 Å². The molecule has 0 aliphatic heterocycles. The van der Waals surface area contributed by atoms with Crippen LogP contribution in [0.2, 0.25) is 0 Å². The van der Waals surface area contributed by atoms with E-state index in [9.17, 15) is 57.9 Å². The summed E-state index contributed by atoms with van der Waals surface area (Å²) in [6.07, 6.45) is 0. The summed E-state index contributed by atoms with van der Waals surface area (Å²) >= 11 is 0. The van der Waals surface area contributed by atoms with E-state index in [2.05, 4.69) is 0 Å². The van der Waals surface area contributed by atoms with Gasteiger partial charge in [0.05, 0.1) is 16.7 Å². The van der Waals surface area contributed by atoms with Crippen LogP contribution in [-0.4, -0.2) is 0 Å². The lowest BCUT2D eigenvalue weighted by Gasteiger charge is -2.18. The van der Waals surface area contributed by atoms with Crippen LogP contribution in [0.15, 0.2) is 0 Å². The van der Waals surface area contributed by atoms with Crippen molar-refractivity contribution in [3.8, 4) is 34.4 Å². The van der Waals surface area contributed by atoms with Crippen molar-refractivity contribution >= 4 is 0 Å². The molecule has 3 aromatic rings. The lowest BCUT2D eigenvalue weighted by Crippen LogP contribution is -2.12. The summed E-state index contributed by atoms with van der Waals surface area (Å²) in [6.45, 7) is 0. The number of hydrogen-bond donors (Lipinski definition) is 0. The fourth-order valence-electron chi connectivity index (χ4n) is 3.04. The van der Waals surface area contributed by atoms with Crippen molar-refractivity contribution in [3.05, 3.63) is 80.9 Å². The van der Waals surface area contributed by atoms with Gasteiger partial charge in [-0.1, -0.05) is 0 Å². The van der Waals surface area contributed by atoms with Gasteiger partial charge in [-0.05, 0) is 0 Å². The van der Waals surface area contributed by atoms with E-state index in [1.54, 1.807) is 0 Å². The molecule has 0 fully saturated rings. The lowest BCUT2D eigenvalue weighted by molar-refractivity contribution is 0.379. The molecule has 14 heteroatoms. The van der Waals surface area contributed by atoms with Gasteiger partial charge in [-0.15, -0.1) is 0 Å². The van der Waals surface area contributed by atoms with Crippen molar-refractivity contribution < 1.29 is 52.7 Å². The maximum Gasteiger partial charge on any atom is 0.200 e. The average Bonchev–Trinajstić information content (AvgIpc) is 2.82. The van der Waals surface area contributed by atoms with Gasteiger partial charge in [0.25, 0.3) is 0 Å². The molecule has 0 aliphatic rings. The van der Waals surface area contributed by atoms with Crippen molar-refractivity contribution in [3.63, 3.8) is 0 Å². The molecule has 0 saturated heterocycles. The summed E-state index contributed by atoms with van der Waals surface area (Å²) < 4.78 is 169. The van der Waals surface area contributed by atoms with E-state index in [0.29, 0.717) is 0 Å². The second kappa shape index (κ2) is 8.30. The van der Waals surface area contributed by atoms with E-state index in [1.807, 2.05) is 0 Å². The van der Waals surface area contributed by atoms with Crippen molar-refractivity contribution in [2.75, 3.05) is 0 Å². The Morgan fingerprint density at radius 2 is 0.559 bits per heavy atom. The van der Waals surface area contributed by atoms with Crippen molar-refractivity contribution in [1.29, 1.82) is 10.5 Å². The number of nitriles is 2. The van der Waals surface area contributed by atoms with Gasteiger partial charge in [0.15, 0.2) is 58.2 Å². The van der Waals surface area contributed by atoms with Crippen molar-refractivity contribution in [2.24, 2.45) is 0 Å². The number of halogens is 12. The molecule has 0 N–H and O–H groups in total. The van der Waals surface area contributed by atoms with E-state index in [0.717, 1.165) is 12.1 Å². The standard InChI is InChI=1S/C20F12N2/c21-9-4(2-34)3(1-33)5(7-11(23)15(27)19(31)16(28)12(7)24)6(10(9)22)8-13(25)17(29)20(32)18(30)14(8)26. The second-order valence-electron chi connectivity index (χ2n) is 6.24. The molecule has 0 atom stereocenters. The number of hydrogen-bond acceptors (Lipinski definition) is 2. The Balaban J connectivity index is 2.79. The van der Waals surface area contributed by atoms with Crippen LogP contribution in [0.5, 0.6) is 0 Å². The maximum absolute atomic E-state index is 14.9. The quantitative estimate of drug-likeness (QED) is 0.233. The Bertz CT molecular complexity index is 1440. The van der Waals surface area contributed by atoms with Crippen LogP contribution in [0.1, 0.15) is 11.1 Å². The molecular weight excluding hydrogens is 496 g/mol. The molecule has 34 heavy (non-hydrogen) atoms. The Morgan fingerprint density at radius 3 is 0.882 bits per heavy atom. The summed E-state index contributed by atoms with van der Waals surface area (Å²) in [5, 5.41) is 18.2. The van der Waals surface area contributed by atoms with E-state index in [4.69, 9.17) is 5.26 Å². The first-order valence-corrected chi connectivity index (χ1v) is 8.22. The highest BCUT2D eigenvalue weighted by Crippen LogP contribution is 2.45. The molecule has 0 aromatic heterocycles. The van der Waals surface area contributed by atoms with E-state index in [-0.39, 0.29) is 0 Å². The van der Waals surface area contributed by atoms with Crippen molar-refractivity contribution in [1.82, 2.24) is 0 Å². The van der Waals surface area contributed by atoms with Gasteiger partial charge < -0.3 is 0 Å². The van der Waals surface area contributed by atoms with Crippen LogP contribution in [0.25, 0.3) is 22.3 Å². The number of benzene rings is 3. The highest BCUT2D eigenvalue weighted by molar-refractivity contribution is 5.90. The van der Waals surface area contributed by atoms with Gasteiger partial charge >= 0.3 is 0 Å². The molecule has 174 valence electrons. The molecule has 0 spiro atoms. The van der Waals surface area contributed by atoms with E-state index < -0.39 is 103 Å². The fraction of sp³-hybridized carbons (Fsp3) is 0. The minimum Gasteiger partial charge on any atom is -0.203 e. The topological polar surface area (TPSA) is 47.6 Å². The fourth-order valence-corrected chi connectivity index (χ4v) is 3.04. The van der Waals surface area contributed by atoms with E-state index in [1.165, 1.54) is 0 Å². The predicted octanol–water partition coefficient (Wildman–Crippen LogP) is 6.43. The molecule has 3 aromatic carbocycles. The minimum absolute atomic E-state index is 0.845. The third-order valence-corrected chi connectivity index (χ3v) is 4.52. The molecule has 0 radical (unpaired) electrons. The summed E-state index contributed by atoms with van der Waals surface area (Å²) in [4.78, 5) is 0. The first kappa shape index (κ1) is 24.4.